The van der Waals surface area contributed by atoms with E-state index in [1.165, 1.54) is 30.2 Å². The van der Waals surface area contributed by atoms with Crippen molar-refractivity contribution in [1.29, 1.82) is 0 Å². The van der Waals surface area contributed by atoms with Crippen LogP contribution in [-0.4, -0.2) is 26.1 Å². The zero-order chi connectivity index (χ0) is 21.1. The summed E-state index contributed by atoms with van der Waals surface area (Å²) in [7, 11) is 0. The standard InChI is InChI=1S/C24H30N4O2/c1-17-18(2)28(20-13-9-6-10-14-20)23-22(17)24(30)27(16-25-23)15-21(29)26-19-11-7-4-3-5-8-12-19/h6,9-10,13-14,16,19H,3-5,7-8,11-12,15H2,1-2H3,(H,26,29). The zero-order valence-corrected chi connectivity index (χ0v) is 17.9. The monoisotopic (exact) mass is 406 g/mol. The molecule has 0 radical (unpaired) electrons. The summed E-state index contributed by atoms with van der Waals surface area (Å²) in [5.74, 6) is -0.110. The number of nitrogens with one attached hydrogen (secondary N) is 1. The SMILES string of the molecule is Cc1c(C)n(-c2ccccc2)c2ncn(CC(=O)NC3CCCCCCC3)c(=O)c12. The fraction of sp³-hybridized carbons (Fsp3) is 0.458. The number of benzene rings is 1. The topological polar surface area (TPSA) is 68.9 Å². The number of hydrogen-bond donors (Lipinski definition) is 1. The fourth-order valence-corrected chi connectivity index (χ4v) is 4.52. The van der Waals surface area contributed by atoms with E-state index in [0.717, 1.165) is 42.6 Å². The number of para-hydroxylation sites is 1. The van der Waals surface area contributed by atoms with E-state index in [1.807, 2.05) is 48.7 Å². The molecule has 0 spiro atoms. The van der Waals surface area contributed by atoms with Gasteiger partial charge in [-0.1, -0.05) is 50.3 Å². The Labute approximate surface area is 176 Å². The molecule has 30 heavy (non-hydrogen) atoms. The molecule has 1 amide bonds. The lowest BCUT2D eigenvalue weighted by Crippen LogP contribution is -2.39. The van der Waals surface area contributed by atoms with Crippen LogP contribution < -0.4 is 10.9 Å². The number of nitrogens with zero attached hydrogens (tertiary/aromatic N) is 3. The summed E-state index contributed by atoms with van der Waals surface area (Å²) in [4.78, 5) is 30.4. The maximum absolute atomic E-state index is 13.2. The van der Waals surface area contributed by atoms with Gasteiger partial charge in [0.2, 0.25) is 5.91 Å². The van der Waals surface area contributed by atoms with Gasteiger partial charge in [-0.05, 0) is 44.4 Å². The minimum atomic E-state index is -0.164. The van der Waals surface area contributed by atoms with Gasteiger partial charge in [-0.25, -0.2) is 4.98 Å². The average Bonchev–Trinajstić information content (AvgIpc) is 2.98. The van der Waals surface area contributed by atoms with E-state index < -0.39 is 0 Å². The Bertz CT molecular complexity index is 1090. The lowest BCUT2D eigenvalue weighted by Gasteiger charge is -2.21. The van der Waals surface area contributed by atoms with Gasteiger partial charge < -0.3 is 5.32 Å². The van der Waals surface area contributed by atoms with Crippen molar-refractivity contribution in [3.8, 4) is 5.69 Å². The minimum Gasteiger partial charge on any atom is -0.352 e. The third-order valence-electron chi connectivity index (χ3n) is 6.28. The number of rotatable bonds is 4. The summed E-state index contributed by atoms with van der Waals surface area (Å²) in [6.07, 6.45) is 9.64. The molecule has 1 fully saturated rings. The van der Waals surface area contributed by atoms with E-state index in [2.05, 4.69) is 10.3 Å². The highest BCUT2D eigenvalue weighted by atomic mass is 16.2. The van der Waals surface area contributed by atoms with Gasteiger partial charge in [0.1, 0.15) is 12.9 Å². The van der Waals surface area contributed by atoms with E-state index in [9.17, 15) is 9.59 Å². The van der Waals surface area contributed by atoms with Gasteiger partial charge >= 0.3 is 0 Å². The molecule has 1 aliphatic carbocycles. The lowest BCUT2D eigenvalue weighted by molar-refractivity contribution is -0.122. The largest absolute Gasteiger partial charge is 0.352 e. The molecule has 1 aliphatic rings. The number of carbonyl (C=O) groups is 1. The van der Waals surface area contributed by atoms with Crippen molar-refractivity contribution < 1.29 is 4.79 Å². The molecule has 1 saturated carbocycles. The van der Waals surface area contributed by atoms with E-state index >= 15 is 0 Å². The van der Waals surface area contributed by atoms with E-state index in [-0.39, 0.29) is 24.1 Å². The minimum absolute atomic E-state index is 0.00722. The van der Waals surface area contributed by atoms with Crippen LogP contribution in [0, 0.1) is 13.8 Å². The van der Waals surface area contributed by atoms with Crippen LogP contribution in [0.1, 0.15) is 56.2 Å². The van der Waals surface area contributed by atoms with Crippen LogP contribution in [0.15, 0.2) is 41.5 Å². The smallest absolute Gasteiger partial charge is 0.263 e. The molecule has 0 aliphatic heterocycles. The van der Waals surface area contributed by atoms with Gasteiger partial charge in [0.25, 0.3) is 5.56 Å². The van der Waals surface area contributed by atoms with Crippen molar-refractivity contribution in [2.24, 2.45) is 0 Å². The van der Waals surface area contributed by atoms with Crippen LogP contribution in [0.3, 0.4) is 0 Å². The Kier molecular flexibility index (Phi) is 6.02. The number of carbonyl (C=O) groups excluding carboxylic acids is 1. The maximum Gasteiger partial charge on any atom is 0.263 e. The predicted octanol–water partition coefficient (Wildman–Crippen LogP) is 4.03. The first-order chi connectivity index (χ1) is 14.6. The summed E-state index contributed by atoms with van der Waals surface area (Å²) in [5.41, 5.74) is 3.33. The molecule has 2 heterocycles. The van der Waals surface area contributed by atoms with Crippen LogP contribution in [0.25, 0.3) is 16.7 Å². The fourth-order valence-electron chi connectivity index (χ4n) is 4.52. The van der Waals surface area contributed by atoms with Crippen molar-refractivity contribution in [2.45, 2.75) is 71.4 Å². The predicted molar refractivity (Wildman–Crippen MR) is 119 cm³/mol. The normalized spacial score (nSPS) is 15.7. The van der Waals surface area contributed by atoms with E-state index in [0.29, 0.717) is 11.0 Å². The van der Waals surface area contributed by atoms with Crippen molar-refractivity contribution in [1.82, 2.24) is 19.4 Å². The van der Waals surface area contributed by atoms with Crippen molar-refractivity contribution in [3.63, 3.8) is 0 Å². The Morgan fingerprint density at radius 1 is 1.07 bits per heavy atom. The van der Waals surface area contributed by atoms with Gasteiger partial charge in [0.15, 0.2) is 5.65 Å². The van der Waals surface area contributed by atoms with Gasteiger partial charge in [0.05, 0.1) is 5.39 Å². The number of fused-ring (bicyclic) bond motifs is 1. The highest BCUT2D eigenvalue weighted by molar-refractivity contribution is 5.83. The Hall–Kier alpha value is -2.89. The Morgan fingerprint density at radius 3 is 2.43 bits per heavy atom. The number of aromatic nitrogens is 3. The molecule has 4 rings (SSSR count). The molecule has 0 unspecified atom stereocenters. The first-order valence-electron chi connectivity index (χ1n) is 11.0. The van der Waals surface area contributed by atoms with Crippen LogP contribution >= 0.6 is 0 Å². The Balaban J connectivity index is 1.60. The summed E-state index contributed by atoms with van der Waals surface area (Å²) >= 11 is 0. The molecular formula is C24H30N4O2. The first-order valence-corrected chi connectivity index (χ1v) is 11.0. The highest BCUT2D eigenvalue weighted by Gasteiger charge is 2.19. The van der Waals surface area contributed by atoms with E-state index in [1.54, 1.807) is 0 Å². The summed E-state index contributed by atoms with van der Waals surface area (Å²) in [6.45, 7) is 3.95. The van der Waals surface area contributed by atoms with Gasteiger partial charge in [-0.3, -0.25) is 18.7 Å². The van der Waals surface area contributed by atoms with Crippen molar-refractivity contribution >= 4 is 16.9 Å². The highest BCUT2D eigenvalue weighted by Crippen LogP contribution is 2.24. The summed E-state index contributed by atoms with van der Waals surface area (Å²) in [6, 6.07) is 10.1. The quantitative estimate of drug-likeness (QED) is 0.711. The number of aryl methyl sites for hydroxylation is 1. The summed E-state index contributed by atoms with van der Waals surface area (Å²) < 4.78 is 3.44. The second-order valence-corrected chi connectivity index (χ2v) is 8.37. The molecule has 6 nitrogen and oxygen atoms in total. The van der Waals surface area contributed by atoms with Crippen LogP contribution in [0.5, 0.6) is 0 Å². The molecule has 3 aromatic rings. The van der Waals surface area contributed by atoms with Crippen molar-refractivity contribution in [3.05, 3.63) is 58.3 Å². The van der Waals surface area contributed by atoms with Gasteiger partial charge in [-0.2, -0.15) is 0 Å². The lowest BCUT2D eigenvalue weighted by atomic mass is 9.97. The van der Waals surface area contributed by atoms with Gasteiger partial charge in [0, 0.05) is 17.4 Å². The number of hydrogen-bond acceptors (Lipinski definition) is 3. The van der Waals surface area contributed by atoms with Crippen LogP contribution in [0.2, 0.25) is 0 Å². The van der Waals surface area contributed by atoms with Crippen LogP contribution in [0.4, 0.5) is 0 Å². The zero-order valence-electron chi connectivity index (χ0n) is 17.9. The number of amides is 1. The van der Waals surface area contributed by atoms with E-state index in [4.69, 9.17) is 0 Å². The van der Waals surface area contributed by atoms with Crippen LogP contribution in [-0.2, 0) is 11.3 Å². The molecule has 0 saturated heterocycles. The molecule has 0 atom stereocenters. The average molecular weight is 407 g/mol. The molecule has 0 bridgehead atoms. The maximum atomic E-state index is 13.2. The third kappa shape index (κ3) is 4.04. The Morgan fingerprint density at radius 2 is 1.73 bits per heavy atom. The second kappa shape index (κ2) is 8.86. The molecule has 1 N–H and O–H groups in total. The first kappa shape index (κ1) is 20.4. The van der Waals surface area contributed by atoms with Crippen molar-refractivity contribution in [2.75, 3.05) is 0 Å². The summed E-state index contributed by atoms with van der Waals surface area (Å²) in [5, 5.41) is 3.72. The molecule has 158 valence electrons. The third-order valence-corrected chi connectivity index (χ3v) is 6.28. The van der Waals surface area contributed by atoms with Gasteiger partial charge in [-0.15, -0.1) is 0 Å². The molecular weight excluding hydrogens is 376 g/mol. The molecule has 1 aromatic carbocycles. The molecule has 6 heteroatoms. The molecule has 2 aromatic heterocycles. The second-order valence-electron chi connectivity index (χ2n) is 8.37.